The number of thiophene rings is 1. The van der Waals surface area contributed by atoms with Crippen molar-refractivity contribution in [2.75, 3.05) is 6.54 Å². The van der Waals surface area contributed by atoms with Crippen LogP contribution in [-0.2, 0) is 16.6 Å². The Morgan fingerprint density at radius 3 is 2.63 bits per heavy atom. The Morgan fingerprint density at radius 1 is 1.16 bits per heavy atom. The second-order valence-electron chi connectivity index (χ2n) is 4.30. The van der Waals surface area contributed by atoms with Crippen LogP contribution in [0.5, 0.6) is 0 Å². The van der Waals surface area contributed by atoms with Crippen LogP contribution in [0.3, 0.4) is 0 Å². The Labute approximate surface area is 115 Å². The van der Waals surface area contributed by atoms with Crippen molar-refractivity contribution in [1.29, 1.82) is 0 Å². The molecule has 4 nitrogen and oxygen atoms in total. The Bertz CT molecular complexity index is 719. The lowest BCUT2D eigenvalue weighted by Crippen LogP contribution is -2.39. The molecular formula is C13H11NO3S2. The first-order chi connectivity index (χ1) is 9.09. The first-order valence-electron chi connectivity index (χ1n) is 5.74. The molecule has 0 unspecified atom stereocenters. The van der Waals surface area contributed by atoms with Crippen molar-refractivity contribution >= 4 is 27.1 Å². The van der Waals surface area contributed by atoms with Gasteiger partial charge in [0, 0.05) is 6.54 Å². The second kappa shape index (κ2) is 4.56. The molecule has 3 rings (SSSR count). The molecule has 0 aliphatic carbocycles. The van der Waals surface area contributed by atoms with Gasteiger partial charge < -0.3 is 0 Å². The van der Waals surface area contributed by atoms with Crippen LogP contribution in [0.25, 0.3) is 0 Å². The van der Waals surface area contributed by atoms with E-state index in [9.17, 15) is 13.2 Å². The van der Waals surface area contributed by atoms with Crippen LogP contribution >= 0.6 is 11.3 Å². The molecule has 1 aromatic heterocycles. The average Bonchev–Trinajstić information content (AvgIpc) is 2.88. The lowest BCUT2D eigenvalue weighted by atomic mass is 10.2. The van der Waals surface area contributed by atoms with Gasteiger partial charge in [-0.25, -0.2) is 8.42 Å². The number of benzene rings is 1. The minimum absolute atomic E-state index is 0.0786. The van der Waals surface area contributed by atoms with E-state index in [-0.39, 0.29) is 23.8 Å². The summed E-state index contributed by atoms with van der Waals surface area (Å²) in [6, 6.07) is 10.8. The Morgan fingerprint density at radius 2 is 1.89 bits per heavy atom. The summed E-state index contributed by atoms with van der Waals surface area (Å²) in [5, 5.41) is 1.64. The zero-order valence-corrected chi connectivity index (χ0v) is 11.6. The lowest BCUT2D eigenvalue weighted by molar-refractivity contribution is 0.0958. The minimum Gasteiger partial charge on any atom is -0.292 e. The van der Waals surface area contributed by atoms with E-state index in [1.807, 2.05) is 30.3 Å². The largest absolute Gasteiger partial charge is 0.292 e. The van der Waals surface area contributed by atoms with Crippen LogP contribution in [0.1, 0.15) is 15.2 Å². The molecule has 19 heavy (non-hydrogen) atoms. The maximum Gasteiger partial charge on any atom is 0.245 e. The highest BCUT2D eigenvalue weighted by Gasteiger charge is 2.36. The summed E-state index contributed by atoms with van der Waals surface area (Å²) >= 11 is 1.19. The molecule has 0 atom stereocenters. The predicted octanol–water partition coefficient (Wildman–Crippen LogP) is 2.14. The van der Waals surface area contributed by atoms with E-state index in [2.05, 4.69) is 0 Å². The van der Waals surface area contributed by atoms with Gasteiger partial charge in [-0.2, -0.15) is 4.31 Å². The molecule has 1 aliphatic heterocycles. The standard InChI is InChI=1S/C13H11NO3S2/c15-11-9-14(8-10-4-2-1-3-5-10)19(16,17)12-6-7-18-13(11)12/h1-7H,8-9H2. The van der Waals surface area contributed by atoms with E-state index in [0.29, 0.717) is 4.88 Å². The molecule has 6 heteroatoms. The number of sulfonamides is 1. The van der Waals surface area contributed by atoms with Crippen molar-refractivity contribution in [2.45, 2.75) is 11.4 Å². The van der Waals surface area contributed by atoms with Gasteiger partial charge in [-0.1, -0.05) is 30.3 Å². The number of Topliss-reactive ketones (excluding diaryl/α,β-unsaturated/α-hetero) is 1. The van der Waals surface area contributed by atoms with Crippen LogP contribution in [0, 0.1) is 0 Å². The van der Waals surface area contributed by atoms with Crippen LogP contribution in [-0.4, -0.2) is 25.1 Å². The molecule has 98 valence electrons. The number of hydrogen-bond donors (Lipinski definition) is 0. The van der Waals surface area contributed by atoms with Crippen LogP contribution in [0.4, 0.5) is 0 Å². The van der Waals surface area contributed by atoms with E-state index >= 15 is 0 Å². The topological polar surface area (TPSA) is 54.5 Å². The van der Waals surface area contributed by atoms with Gasteiger partial charge >= 0.3 is 0 Å². The highest BCUT2D eigenvalue weighted by atomic mass is 32.2. The van der Waals surface area contributed by atoms with Crippen molar-refractivity contribution in [3.63, 3.8) is 0 Å². The Kier molecular flexibility index (Phi) is 3.00. The molecule has 0 amide bonds. The van der Waals surface area contributed by atoms with Crippen LogP contribution < -0.4 is 0 Å². The van der Waals surface area contributed by atoms with Gasteiger partial charge in [-0.15, -0.1) is 11.3 Å². The van der Waals surface area contributed by atoms with E-state index in [0.717, 1.165) is 5.56 Å². The number of ketones is 1. The molecule has 2 aromatic rings. The third-order valence-electron chi connectivity index (χ3n) is 3.02. The maximum atomic E-state index is 12.4. The summed E-state index contributed by atoms with van der Waals surface area (Å²) in [5.74, 6) is -0.129. The quantitative estimate of drug-likeness (QED) is 0.852. The van der Waals surface area contributed by atoms with Gasteiger partial charge in [-0.05, 0) is 17.0 Å². The van der Waals surface area contributed by atoms with E-state index in [1.165, 1.54) is 21.7 Å². The number of hydrogen-bond acceptors (Lipinski definition) is 4. The number of fused-ring (bicyclic) bond motifs is 1. The fourth-order valence-corrected chi connectivity index (χ4v) is 4.83. The number of carbonyl (C=O) groups excluding carboxylic acids is 1. The van der Waals surface area contributed by atoms with Gasteiger partial charge in [0.15, 0.2) is 5.78 Å². The average molecular weight is 293 g/mol. The Hall–Kier alpha value is -1.50. The van der Waals surface area contributed by atoms with Gasteiger partial charge in [0.1, 0.15) is 4.90 Å². The predicted molar refractivity (Wildman–Crippen MR) is 72.7 cm³/mol. The third kappa shape index (κ3) is 2.11. The molecule has 0 fully saturated rings. The minimum atomic E-state index is -3.55. The van der Waals surface area contributed by atoms with E-state index in [4.69, 9.17) is 0 Å². The molecule has 0 spiro atoms. The first kappa shape index (κ1) is 12.5. The fraction of sp³-hybridized carbons (Fsp3) is 0.154. The summed E-state index contributed by atoms with van der Waals surface area (Å²) in [5.41, 5.74) is 0.873. The maximum absolute atomic E-state index is 12.4. The van der Waals surface area contributed by atoms with E-state index in [1.54, 1.807) is 5.38 Å². The molecule has 0 bridgehead atoms. The van der Waals surface area contributed by atoms with Crippen LogP contribution in [0.15, 0.2) is 46.7 Å². The fourth-order valence-electron chi connectivity index (χ4n) is 2.09. The molecule has 0 saturated carbocycles. The summed E-state index contributed by atoms with van der Waals surface area (Å²) < 4.78 is 26.0. The van der Waals surface area contributed by atoms with Gasteiger partial charge in [0.05, 0.1) is 11.4 Å². The number of carbonyl (C=O) groups is 1. The van der Waals surface area contributed by atoms with Crippen LogP contribution in [0.2, 0.25) is 0 Å². The lowest BCUT2D eigenvalue weighted by Gasteiger charge is -2.25. The molecule has 1 aromatic carbocycles. The van der Waals surface area contributed by atoms with Crippen molar-refractivity contribution in [3.05, 3.63) is 52.2 Å². The normalized spacial score (nSPS) is 18.2. The Balaban J connectivity index is 1.99. The van der Waals surface area contributed by atoms with Gasteiger partial charge in [0.25, 0.3) is 0 Å². The summed E-state index contributed by atoms with van der Waals surface area (Å²) in [6.45, 7) is 0.148. The zero-order valence-electron chi connectivity index (χ0n) is 9.94. The molecule has 1 aliphatic rings. The molecule has 2 heterocycles. The molecule has 0 N–H and O–H groups in total. The van der Waals surface area contributed by atoms with Gasteiger partial charge in [0.2, 0.25) is 10.0 Å². The SMILES string of the molecule is O=C1CN(Cc2ccccc2)S(=O)(=O)c2ccsc21. The van der Waals surface area contributed by atoms with Crippen molar-refractivity contribution in [3.8, 4) is 0 Å². The monoisotopic (exact) mass is 293 g/mol. The van der Waals surface area contributed by atoms with Crippen molar-refractivity contribution in [1.82, 2.24) is 4.31 Å². The van der Waals surface area contributed by atoms with Gasteiger partial charge in [-0.3, -0.25) is 4.79 Å². The second-order valence-corrected chi connectivity index (χ2v) is 7.12. The highest BCUT2D eigenvalue weighted by Crippen LogP contribution is 2.31. The first-order valence-corrected chi connectivity index (χ1v) is 8.06. The number of rotatable bonds is 2. The third-order valence-corrected chi connectivity index (χ3v) is 5.94. The molecule has 0 radical (unpaired) electrons. The van der Waals surface area contributed by atoms with Crippen molar-refractivity contribution in [2.24, 2.45) is 0 Å². The summed E-state index contributed by atoms with van der Waals surface area (Å²) in [4.78, 5) is 12.4. The summed E-state index contributed by atoms with van der Waals surface area (Å²) in [6.07, 6.45) is 0. The highest BCUT2D eigenvalue weighted by molar-refractivity contribution is 7.89. The number of nitrogens with zero attached hydrogens (tertiary/aromatic N) is 1. The smallest absolute Gasteiger partial charge is 0.245 e. The summed E-state index contributed by atoms with van der Waals surface area (Å²) in [7, 11) is -3.55. The van der Waals surface area contributed by atoms with Crippen molar-refractivity contribution < 1.29 is 13.2 Å². The molecule has 0 saturated heterocycles. The molecular weight excluding hydrogens is 282 g/mol. The van der Waals surface area contributed by atoms with E-state index < -0.39 is 10.0 Å². The zero-order chi connectivity index (χ0) is 13.5.